The summed E-state index contributed by atoms with van der Waals surface area (Å²) in [6, 6.07) is 9.89. The molecule has 1 fully saturated rings. The molecule has 0 amide bonds. The number of benzene rings is 1. The zero-order valence-electron chi connectivity index (χ0n) is 11.1. The molecule has 2 aromatic rings. The maximum absolute atomic E-state index is 9.23. The maximum Gasteiger partial charge on any atom is 0.168 e. The molecular weight excluding hydrogens is 254 g/mol. The SMILES string of the molecule is COc1ccc(-n2nc(NC3CC3)c(C#N)c2N)cc1. The van der Waals surface area contributed by atoms with Gasteiger partial charge in [0, 0.05) is 6.04 Å². The van der Waals surface area contributed by atoms with Crippen LogP contribution in [0.2, 0.25) is 0 Å². The van der Waals surface area contributed by atoms with Gasteiger partial charge in [0.2, 0.25) is 0 Å². The lowest BCUT2D eigenvalue weighted by molar-refractivity contribution is 0.414. The molecule has 0 aliphatic heterocycles. The number of methoxy groups -OCH3 is 1. The quantitative estimate of drug-likeness (QED) is 0.885. The molecule has 0 unspecified atom stereocenters. The standard InChI is InChI=1S/C14H15N5O/c1-20-11-6-4-10(5-7-11)19-13(16)12(8-15)14(18-19)17-9-2-3-9/h4-7,9H,2-3,16H2,1H3,(H,17,18). The summed E-state index contributed by atoms with van der Waals surface area (Å²) in [6.45, 7) is 0. The van der Waals surface area contributed by atoms with Gasteiger partial charge in [0.1, 0.15) is 23.2 Å². The number of nitrogens with one attached hydrogen (secondary N) is 1. The van der Waals surface area contributed by atoms with E-state index in [9.17, 15) is 5.26 Å². The zero-order valence-corrected chi connectivity index (χ0v) is 11.1. The first-order valence-electron chi connectivity index (χ1n) is 6.42. The Morgan fingerprint density at radius 1 is 1.40 bits per heavy atom. The van der Waals surface area contributed by atoms with Crippen LogP contribution in [0.5, 0.6) is 5.75 Å². The molecule has 0 saturated heterocycles. The van der Waals surface area contributed by atoms with E-state index in [1.807, 2.05) is 24.3 Å². The van der Waals surface area contributed by atoms with Crippen molar-refractivity contribution in [3.63, 3.8) is 0 Å². The molecule has 1 aromatic heterocycles. The van der Waals surface area contributed by atoms with Crippen LogP contribution in [0.4, 0.5) is 11.6 Å². The van der Waals surface area contributed by atoms with Gasteiger partial charge in [-0.3, -0.25) is 0 Å². The van der Waals surface area contributed by atoms with E-state index < -0.39 is 0 Å². The van der Waals surface area contributed by atoms with Crippen LogP contribution in [0.1, 0.15) is 18.4 Å². The number of nitrogens with zero attached hydrogens (tertiary/aromatic N) is 3. The summed E-state index contributed by atoms with van der Waals surface area (Å²) in [4.78, 5) is 0. The van der Waals surface area contributed by atoms with Gasteiger partial charge < -0.3 is 15.8 Å². The first kappa shape index (κ1) is 12.4. The second-order valence-electron chi connectivity index (χ2n) is 4.75. The van der Waals surface area contributed by atoms with Crippen molar-refractivity contribution in [1.29, 1.82) is 5.26 Å². The lowest BCUT2D eigenvalue weighted by atomic mass is 10.3. The molecule has 1 aromatic carbocycles. The van der Waals surface area contributed by atoms with Crippen molar-refractivity contribution in [2.45, 2.75) is 18.9 Å². The van der Waals surface area contributed by atoms with Crippen LogP contribution in [0.15, 0.2) is 24.3 Å². The predicted molar refractivity (Wildman–Crippen MR) is 75.9 cm³/mol. The number of rotatable bonds is 4. The topological polar surface area (TPSA) is 88.9 Å². The lowest BCUT2D eigenvalue weighted by Crippen LogP contribution is -2.04. The highest BCUT2D eigenvalue weighted by Crippen LogP contribution is 2.30. The normalized spacial score (nSPS) is 13.8. The molecule has 3 N–H and O–H groups in total. The van der Waals surface area contributed by atoms with Gasteiger partial charge in [-0.2, -0.15) is 5.26 Å². The van der Waals surface area contributed by atoms with E-state index in [1.165, 1.54) is 0 Å². The molecule has 6 heteroatoms. The number of aromatic nitrogens is 2. The fraction of sp³-hybridized carbons (Fsp3) is 0.286. The summed E-state index contributed by atoms with van der Waals surface area (Å²) in [5, 5.41) is 16.9. The third-order valence-corrected chi connectivity index (χ3v) is 3.27. The molecule has 0 bridgehead atoms. The summed E-state index contributed by atoms with van der Waals surface area (Å²) in [7, 11) is 1.61. The van der Waals surface area contributed by atoms with Gasteiger partial charge in [0.05, 0.1) is 12.8 Å². The van der Waals surface area contributed by atoms with Crippen molar-refractivity contribution in [2.75, 3.05) is 18.2 Å². The van der Waals surface area contributed by atoms with E-state index in [-0.39, 0.29) is 0 Å². The van der Waals surface area contributed by atoms with E-state index in [0.29, 0.717) is 23.2 Å². The molecule has 1 saturated carbocycles. The number of nitriles is 1. The summed E-state index contributed by atoms with van der Waals surface area (Å²) in [6.07, 6.45) is 2.22. The largest absolute Gasteiger partial charge is 0.497 e. The fourth-order valence-electron chi connectivity index (χ4n) is 1.98. The fourth-order valence-corrected chi connectivity index (χ4v) is 1.98. The summed E-state index contributed by atoms with van der Waals surface area (Å²) >= 11 is 0. The number of anilines is 2. The Balaban J connectivity index is 1.99. The Morgan fingerprint density at radius 2 is 2.10 bits per heavy atom. The van der Waals surface area contributed by atoms with Gasteiger partial charge in [0.15, 0.2) is 5.82 Å². The van der Waals surface area contributed by atoms with E-state index in [1.54, 1.807) is 11.8 Å². The Kier molecular flexibility index (Phi) is 2.95. The van der Waals surface area contributed by atoms with Crippen LogP contribution in [-0.2, 0) is 0 Å². The van der Waals surface area contributed by atoms with Crippen LogP contribution in [0.3, 0.4) is 0 Å². The highest BCUT2D eigenvalue weighted by atomic mass is 16.5. The van der Waals surface area contributed by atoms with Gasteiger partial charge in [-0.25, -0.2) is 4.68 Å². The summed E-state index contributed by atoms with van der Waals surface area (Å²) < 4.78 is 6.69. The minimum Gasteiger partial charge on any atom is -0.497 e. The first-order chi connectivity index (χ1) is 9.72. The zero-order chi connectivity index (χ0) is 14.1. The lowest BCUT2D eigenvalue weighted by Gasteiger charge is -2.05. The van der Waals surface area contributed by atoms with Crippen LogP contribution in [-0.4, -0.2) is 22.9 Å². The number of ether oxygens (including phenoxy) is 1. The first-order valence-corrected chi connectivity index (χ1v) is 6.42. The van der Waals surface area contributed by atoms with Crippen LogP contribution in [0, 0.1) is 11.3 Å². The molecule has 1 aliphatic carbocycles. The average Bonchev–Trinajstić information content (AvgIpc) is 3.23. The van der Waals surface area contributed by atoms with E-state index in [4.69, 9.17) is 10.5 Å². The van der Waals surface area contributed by atoms with E-state index >= 15 is 0 Å². The summed E-state index contributed by atoms with van der Waals surface area (Å²) in [5.74, 6) is 1.67. The van der Waals surface area contributed by atoms with Gasteiger partial charge in [-0.1, -0.05) is 0 Å². The molecule has 1 aliphatic rings. The molecule has 20 heavy (non-hydrogen) atoms. The van der Waals surface area contributed by atoms with Crippen molar-refractivity contribution in [3.05, 3.63) is 29.8 Å². The minimum atomic E-state index is 0.348. The third kappa shape index (κ3) is 2.14. The molecule has 102 valence electrons. The Labute approximate surface area is 116 Å². The van der Waals surface area contributed by atoms with Gasteiger partial charge in [0.25, 0.3) is 0 Å². The molecule has 3 rings (SSSR count). The Bertz CT molecular complexity index is 664. The monoisotopic (exact) mass is 269 g/mol. The second-order valence-corrected chi connectivity index (χ2v) is 4.75. The van der Waals surface area contributed by atoms with Gasteiger partial charge >= 0.3 is 0 Å². The molecule has 0 spiro atoms. The molecule has 0 radical (unpaired) electrons. The smallest absolute Gasteiger partial charge is 0.168 e. The van der Waals surface area contributed by atoms with E-state index in [0.717, 1.165) is 24.3 Å². The Morgan fingerprint density at radius 3 is 2.65 bits per heavy atom. The van der Waals surface area contributed by atoms with Crippen molar-refractivity contribution < 1.29 is 4.74 Å². The number of hydrogen-bond donors (Lipinski definition) is 2. The van der Waals surface area contributed by atoms with E-state index in [2.05, 4.69) is 16.5 Å². The van der Waals surface area contributed by atoms with Crippen molar-refractivity contribution in [3.8, 4) is 17.5 Å². The predicted octanol–water partition coefficient (Wildman–Crippen LogP) is 1.91. The maximum atomic E-state index is 9.23. The highest BCUT2D eigenvalue weighted by molar-refractivity contribution is 5.66. The second kappa shape index (κ2) is 4.78. The number of hydrogen-bond acceptors (Lipinski definition) is 5. The van der Waals surface area contributed by atoms with Gasteiger partial charge in [-0.05, 0) is 37.1 Å². The third-order valence-electron chi connectivity index (χ3n) is 3.27. The van der Waals surface area contributed by atoms with Crippen LogP contribution >= 0.6 is 0 Å². The van der Waals surface area contributed by atoms with Crippen molar-refractivity contribution in [1.82, 2.24) is 9.78 Å². The van der Waals surface area contributed by atoms with Crippen LogP contribution in [0.25, 0.3) is 5.69 Å². The highest BCUT2D eigenvalue weighted by Gasteiger charge is 2.25. The number of nitrogens with two attached hydrogens (primary N) is 1. The molecule has 1 heterocycles. The molecular formula is C14H15N5O. The summed E-state index contributed by atoms with van der Waals surface area (Å²) in [5.41, 5.74) is 7.21. The Hall–Kier alpha value is -2.68. The number of nitrogen functional groups attached to an aromatic ring is 1. The van der Waals surface area contributed by atoms with Crippen molar-refractivity contribution >= 4 is 11.6 Å². The molecule has 6 nitrogen and oxygen atoms in total. The van der Waals surface area contributed by atoms with Gasteiger partial charge in [-0.15, -0.1) is 5.10 Å². The molecule has 0 atom stereocenters. The van der Waals surface area contributed by atoms with Crippen LogP contribution < -0.4 is 15.8 Å². The average molecular weight is 269 g/mol. The van der Waals surface area contributed by atoms with Crippen molar-refractivity contribution in [2.24, 2.45) is 0 Å². The minimum absolute atomic E-state index is 0.348.